The van der Waals surface area contributed by atoms with Crippen LogP contribution in [0, 0.1) is 5.82 Å². The van der Waals surface area contributed by atoms with Gasteiger partial charge in [-0.25, -0.2) is 14.2 Å². The Bertz CT molecular complexity index is 1090. The van der Waals surface area contributed by atoms with E-state index in [1.165, 1.54) is 47.6 Å². The fourth-order valence-corrected chi connectivity index (χ4v) is 3.95. The van der Waals surface area contributed by atoms with Gasteiger partial charge in [0.05, 0.1) is 17.8 Å². The molecule has 1 atom stereocenters. The molecule has 0 amide bonds. The van der Waals surface area contributed by atoms with Crippen molar-refractivity contribution >= 4 is 16.9 Å². The van der Waals surface area contributed by atoms with Gasteiger partial charge >= 0.3 is 5.69 Å². The molecule has 9 heteroatoms. The Hall–Kier alpha value is -2.65. The van der Waals surface area contributed by atoms with Gasteiger partial charge in [0.2, 0.25) is 5.72 Å². The minimum Gasteiger partial charge on any atom is -0.362 e. The summed E-state index contributed by atoms with van der Waals surface area (Å²) in [6.45, 7) is 0.211. The van der Waals surface area contributed by atoms with E-state index in [-0.39, 0.29) is 17.7 Å². The van der Waals surface area contributed by atoms with Crippen molar-refractivity contribution in [3.8, 4) is 0 Å². The van der Waals surface area contributed by atoms with Gasteiger partial charge in [-0.3, -0.25) is 13.9 Å². The lowest BCUT2D eigenvalue weighted by molar-refractivity contribution is 0.0879. The summed E-state index contributed by atoms with van der Waals surface area (Å²) in [6.07, 6.45) is 1.77. The molecule has 0 saturated carbocycles. The molecule has 26 heavy (non-hydrogen) atoms. The van der Waals surface area contributed by atoms with E-state index >= 15 is 0 Å². The number of aromatic nitrogens is 2. The van der Waals surface area contributed by atoms with Gasteiger partial charge in [0.15, 0.2) is 5.17 Å². The zero-order valence-electron chi connectivity index (χ0n) is 14.0. The highest BCUT2D eigenvalue weighted by Gasteiger charge is 2.42. The van der Waals surface area contributed by atoms with Crippen LogP contribution in [0.3, 0.4) is 0 Å². The van der Waals surface area contributed by atoms with Crippen LogP contribution in [-0.2, 0) is 26.4 Å². The fraction of sp³-hybridized carbons (Fsp3) is 0.235. The quantitative estimate of drug-likeness (QED) is 0.799. The highest BCUT2D eigenvalue weighted by molar-refractivity contribution is 8.16. The molecule has 134 valence electrons. The summed E-state index contributed by atoms with van der Waals surface area (Å²) in [5, 5.41) is 13.8. The number of amidine groups is 1. The van der Waals surface area contributed by atoms with Crippen LogP contribution in [0.25, 0.3) is 0 Å². The first-order valence-corrected chi connectivity index (χ1v) is 8.68. The second-order valence-corrected chi connectivity index (χ2v) is 7.00. The molecule has 0 spiro atoms. The number of hydrogen-bond donors (Lipinski definition) is 1. The van der Waals surface area contributed by atoms with Crippen LogP contribution in [0.4, 0.5) is 4.39 Å². The van der Waals surface area contributed by atoms with Crippen LogP contribution in [0.2, 0.25) is 0 Å². The maximum Gasteiger partial charge on any atom is 0.330 e. The average Bonchev–Trinajstić information content (AvgIpc) is 2.99. The molecular weight excluding hydrogens is 359 g/mol. The zero-order valence-corrected chi connectivity index (χ0v) is 14.8. The topological polar surface area (TPSA) is 79.8 Å². The largest absolute Gasteiger partial charge is 0.362 e. The maximum absolute atomic E-state index is 13.4. The molecule has 4 rings (SSSR count). The number of benzene rings is 1. The van der Waals surface area contributed by atoms with E-state index < -0.39 is 22.8 Å². The maximum atomic E-state index is 13.4. The van der Waals surface area contributed by atoms with Crippen LogP contribution in [0.1, 0.15) is 16.8 Å². The van der Waals surface area contributed by atoms with Crippen LogP contribution >= 0.6 is 11.8 Å². The second-order valence-electron chi connectivity index (χ2n) is 6.13. The van der Waals surface area contributed by atoms with Crippen LogP contribution < -0.4 is 11.2 Å². The lowest BCUT2D eigenvalue weighted by Crippen LogP contribution is -2.46. The average molecular weight is 374 g/mol. The van der Waals surface area contributed by atoms with E-state index in [0.29, 0.717) is 10.9 Å². The molecule has 0 saturated heterocycles. The van der Waals surface area contributed by atoms with E-state index in [9.17, 15) is 19.1 Å². The third kappa shape index (κ3) is 2.27. The summed E-state index contributed by atoms with van der Waals surface area (Å²) in [7, 11) is 2.90. The molecule has 0 bridgehead atoms. The van der Waals surface area contributed by atoms with Crippen molar-refractivity contribution < 1.29 is 9.50 Å². The molecule has 7 nitrogen and oxygen atoms in total. The Balaban J connectivity index is 2.11. The van der Waals surface area contributed by atoms with Crippen molar-refractivity contribution in [1.29, 1.82) is 0 Å². The lowest BCUT2D eigenvalue weighted by Gasteiger charge is -2.26. The first-order valence-electron chi connectivity index (χ1n) is 7.80. The summed E-state index contributed by atoms with van der Waals surface area (Å²) >= 11 is 1.30. The standard InChI is InChI=1S/C17H15FN4O3S/c1-20-12-9-22-7-8-26-15(22)19-17(25,10-3-5-11(18)6-4-10)13(12)14(23)21(2)16(20)24/h3-8,25H,9H2,1-2H3/t17-/m0/s1. The van der Waals surface area contributed by atoms with Crippen molar-refractivity contribution in [3.05, 3.63) is 79.3 Å². The Morgan fingerprint density at radius 3 is 2.58 bits per heavy atom. The van der Waals surface area contributed by atoms with Gasteiger partial charge in [0, 0.05) is 25.9 Å². The Morgan fingerprint density at radius 1 is 1.19 bits per heavy atom. The Morgan fingerprint density at radius 2 is 1.88 bits per heavy atom. The molecule has 0 aliphatic carbocycles. The van der Waals surface area contributed by atoms with Crippen molar-refractivity contribution in [3.63, 3.8) is 0 Å². The van der Waals surface area contributed by atoms with Crippen LogP contribution in [0.5, 0.6) is 0 Å². The highest BCUT2D eigenvalue weighted by Crippen LogP contribution is 2.37. The van der Waals surface area contributed by atoms with Crippen LogP contribution in [-0.4, -0.2) is 24.3 Å². The number of thioether (sulfide) groups is 1. The minimum atomic E-state index is -2.04. The Kier molecular flexibility index (Phi) is 3.67. The van der Waals surface area contributed by atoms with Gasteiger partial charge in [-0.1, -0.05) is 23.9 Å². The SMILES string of the molecule is Cn1c2c(c(=O)n(C)c1=O)[C@@](O)(c1ccc(F)cc1)N=C1SC=CN1C2. The van der Waals surface area contributed by atoms with Crippen molar-refractivity contribution in [1.82, 2.24) is 14.0 Å². The summed E-state index contributed by atoms with van der Waals surface area (Å²) in [6, 6.07) is 5.16. The number of nitrogens with zero attached hydrogens (tertiary/aromatic N) is 4. The summed E-state index contributed by atoms with van der Waals surface area (Å²) in [4.78, 5) is 31.5. The van der Waals surface area contributed by atoms with Crippen LogP contribution in [0.15, 0.2) is 50.5 Å². The number of hydrogen-bond acceptors (Lipinski definition) is 6. The number of aliphatic hydroxyl groups is 1. The van der Waals surface area contributed by atoms with Crippen molar-refractivity contribution in [2.45, 2.75) is 12.3 Å². The van der Waals surface area contributed by atoms with Gasteiger partial charge in [-0.05, 0) is 17.5 Å². The molecular formula is C17H15FN4O3S. The normalized spacial score (nSPS) is 21.2. The molecule has 1 aromatic heterocycles. The molecule has 0 radical (unpaired) electrons. The van der Waals surface area contributed by atoms with E-state index in [1.54, 1.807) is 23.6 Å². The molecule has 0 fully saturated rings. The van der Waals surface area contributed by atoms with E-state index in [0.717, 1.165) is 4.57 Å². The number of rotatable bonds is 1. The molecule has 1 aromatic carbocycles. The van der Waals surface area contributed by atoms with Gasteiger partial charge in [-0.15, -0.1) is 0 Å². The first kappa shape index (κ1) is 16.8. The van der Waals surface area contributed by atoms with Crippen molar-refractivity contribution in [2.75, 3.05) is 0 Å². The second kappa shape index (κ2) is 5.68. The molecule has 3 heterocycles. The summed E-state index contributed by atoms with van der Waals surface area (Å²) in [5.74, 6) is -0.467. The zero-order chi connectivity index (χ0) is 18.6. The van der Waals surface area contributed by atoms with E-state index in [2.05, 4.69) is 4.99 Å². The molecule has 2 aromatic rings. The van der Waals surface area contributed by atoms with E-state index in [1.807, 2.05) is 0 Å². The summed E-state index contributed by atoms with van der Waals surface area (Å²) < 4.78 is 15.7. The fourth-order valence-electron chi connectivity index (χ4n) is 3.18. The Labute approximate surface area is 151 Å². The highest BCUT2D eigenvalue weighted by atomic mass is 32.2. The van der Waals surface area contributed by atoms with Gasteiger partial charge in [0.1, 0.15) is 5.82 Å². The van der Waals surface area contributed by atoms with Gasteiger partial charge in [0.25, 0.3) is 5.56 Å². The number of aliphatic imine (C=N–C) groups is 1. The van der Waals surface area contributed by atoms with Crippen molar-refractivity contribution in [2.24, 2.45) is 19.1 Å². The lowest BCUT2D eigenvalue weighted by atomic mass is 9.94. The molecule has 1 N–H and O–H groups in total. The third-order valence-corrected chi connectivity index (χ3v) is 5.41. The van der Waals surface area contributed by atoms with Gasteiger partial charge in [-0.2, -0.15) is 0 Å². The third-order valence-electron chi connectivity index (χ3n) is 4.62. The first-order chi connectivity index (χ1) is 12.3. The summed E-state index contributed by atoms with van der Waals surface area (Å²) in [5.41, 5.74) is -2.56. The predicted molar refractivity (Wildman–Crippen MR) is 96.0 cm³/mol. The molecule has 2 aliphatic heterocycles. The number of halogens is 1. The number of fused-ring (bicyclic) bond motifs is 2. The molecule has 0 unspecified atom stereocenters. The monoisotopic (exact) mass is 374 g/mol. The van der Waals surface area contributed by atoms with Gasteiger partial charge < -0.3 is 10.0 Å². The predicted octanol–water partition coefficient (Wildman–Crippen LogP) is 0.806. The smallest absolute Gasteiger partial charge is 0.330 e. The minimum absolute atomic E-state index is 0.00962. The molecule has 2 aliphatic rings. The van der Waals surface area contributed by atoms with E-state index in [4.69, 9.17) is 0 Å².